The van der Waals surface area contributed by atoms with Gasteiger partial charge in [-0.15, -0.1) is 0 Å². The minimum Gasteiger partial charge on any atom is -0.511 e. The van der Waals surface area contributed by atoms with E-state index in [1.807, 2.05) is 13.0 Å². The van der Waals surface area contributed by atoms with Crippen molar-refractivity contribution in [1.29, 1.82) is 0 Å². The zero-order valence-electron chi connectivity index (χ0n) is 12.3. The zero-order chi connectivity index (χ0) is 15.1. The van der Waals surface area contributed by atoms with Crippen molar-refractivity contribution in [2.45, 2.75) is 19.3 Å². The molecule has 3 rings (SSSR count). The Bertz CT molecular complexity index is 498. The normalized spacial score (nSPS) is 21.1. The number of fused-ring (bicyclic) bond motifs is 1. The van der Waals surface area contributed by atoms with Crippen LogP contribution in [0.3, 0.4) is 0 Å². The first-order valence-electron chi connectivity index (χ1n) is 7.35. The molecule has 3 N–H and O–H groups in total. The molecular formula is C16H22N2O3. The maximum atomic E-state index is 11.5. The summed E-state index contributed by atoms with van der Waals surface area (Å²) in [4.78, 5) is 11.5. The topological polar surface area (TPSA) is 70.6 Å². The average Bonchev–Trinajstić information content (AvgIpc) is 2.85. The van der Waals surface area contributed by atoms with Gasteiger partial charge in [-0.05, 0) is 18.6 Å². The summed E-state index contributed by atoms with van der Waals surface area (Å²) in [7, 11) is 0. The summed E-state index contributed by atoms with van der Waals surface area (Å²) >= 11 is 0. The van der Waals surface area contributed by atoms with Crippen LogP contribution in [-0.2, 0) is 4.79 Å². The minimum absolute atomic E-state index is 0.0763. The number of allylic oxidation sites excluding steroid dienone is 1. The Morgan fingerprint density at radius 3 is 2.48 bits per heavy atom. The predicted molar refractivity (Wildman–Crippen MR) is 81.6 cm³/mol. The standard InChI is InChI=1S/C12H12O3.C4H10N2/c1-2-5-9(13)11-8-6-3-4-7-10(8)15-12(11)14;1-2-6-4-3-5-1/h3-7,11,13H,2H2,1H3;5-6H,1-4H2/b9-5-;. The van der Waals surface area contributed by atoms with Crippen LogP contribution in [0.2, 0.25) is 0 Å². The van der Waals surface area contributed by atoms with Gasteiger partial charge in [0.1, 0.15) is 17.4 Å². The Balaban J connectivity index is 0.000000225. The molecule has 1 aromatic carbocycles. The van der Waals surface area contributed by atoms with Gasteiger partial charge < -0.3 is 20.5 Å². The molecule has 0 amide bonds. The van der Waals surface area contributed by atoms with Gasteiger partial charge >= 0.3 is 5.97 Å². The zero-order valence-corrected chi connectivity index (χ0v) is 12.3. The third-order valence-corrected chi connectivity index (χ3v) is 3.34. The van der Waals surface area contributed by atoms with Gasteiger partial charge in [0, 0.05) is 31.7 Å². The molecule has 1 aromatic rings. The second kappa shape index (κ2) is 7.81. The molecule has 114 valence electrons. The van der Waals surface area contributed by atoms with Crippen LogP contribution in [0.1, 0.15) is 24.8 Å². The van der Waals surface area contributed by atoms with Gasteiger partial charge in [0.15, 0.2) is 0 Å². The lowest BCUT2D eigenvalue weighted by Crippen LogP contribution is -2.39. The summed E-state index contributed by atoms with van der Waals surface area (Å²) in [6.07, 6.45) is 2.33. The number of ether oxygens (including phenoxy) is 1. The fourth-order valence-electron chi connectivity index (χ4n) is 2.32. The fraction of sp³-hybridized carbons (Fsp3) is 0.438. The maximum absolute atomic E-state index is 11.5. The van der Waals surface area contributed by atoms with E-state index in [1.54, 1.807) is 24.3 Å². The lowest BCUT2D eigenvalue weighted by atomic mass is 9.98. The van der Waals surface area contributed by atoms with E-state index in [0.717, 1.165) is 31.7 Å². The summed E-state index contributed by atoms with van der Waals surface area (Å²) in [5.74, 6) is -0.421. The van der Waals surface area contributed by atoms with Crippen LogP contribution in [0.15, 0.2) is 36.1 Å². The number of hydrogen-bond acceptors (Lipinski definition) is 5. The van der Waals surface area contributed by atoms with Crippen molar-refractivity contribution in [2.24, 2.45) is 0 Å². The predicted octanol–water partition coefficient (Wildman–Crippen LogP) is 1.72. The molecule has 0 saturated carbocycles. The third-order valence-electron chi connectivity index (χ3n) is 3.34. The highest BCUT2D eigenvalue weighted by molar-refractivity contribution is 5.88. The molecule has 1 atom stereocenters. The molecular weight excluding hydrogens is 268 g/mol. The van der Waals surface area contributed by atoms with Gasteiger partial charge in [0.05, 0.1) is 0 Å². The van der Waals surface area contributed by atoms with Crippen LogP contribution >= 0.6 is 0 Å². The number of aliphatic hydroxyl groups excluding tert-OH is 1. The van der Waals surface area contributed by atoms with Crippen molar-refractivity contribution in [2.75, 3.05) is 26.2 Å². The van der Waals surface area contributed by atoms with Crippen LogP contribution in [0.4, 0.5) is 0 Å². The van der Waals surface area contributed by atoms with Crippen LogP contribution < -0.4 is 15.4 Å². The van der Waals surface area contributed by atoms with Gasteiger partial charge in [-0.25, -0.2) is 0 Å². The van der Waals surface area contributed by atoms with Crippen LogP contribution in [-0.4, -0.2) is 37.3 Å². The van der Waals surface area contributed by atoms with Gasteiger partial charge in [-0.3, -0.25) is 4.79 Å². The lowest BCUT2D eigenvalue weighted by molar-refractivity contribution is -0.133. The Labute approximate surface area is 125 Å². The van der Waals surface area contributed by atoms with Crippen LogP contribution in [0, 0.1) is 0 Å². The monoisotopic (exact) mass is 290 g/mol. The highest BCUT2D eigenvalue weighted by atomic mass is 16.5. The molecule has 0 radical (unpaired) electrons. The van der Waals surface area contributed by atoms with E-state index in [1.165, 1.54) is 0 Å². The molecule has 2 aliphatic heterocycles. The number of nitrogens with one attached hydrogen (secondary N) is 2. The number of benzene rings is 1. The number of piperazine rings is 1. The van der Waals surface area contributed by atoms with E-state index in [-0.39, 0.29) is 5.76 Å². The van der Waals surface area contributed by atoms with E-state index in [4.69, 9.17) is 4.74 Å². The number of esters is 1. The van der Waals surface area contributed by atoms with Crippen molar-refractivity contribution >= 4 is 5.97 Å². The lowest BCUT2D eigenvalue weighted by Gasteiger charge is -2.11. The third kappa shape index (κ3) is 4.06. The first-order valence-corrected chi connectivity index (χ1v) is 7.35. The summed E-state index contributed by atoms with van der Waals surface area (Å²) in [6.45, 7) is 6.46. The largest absolute Gasteiger partial charge is 0.511 e. The van der Waals surface area contributed by atoms with Crippen LogP contribution in [0.25, 0.3) is 0 Å². The molecule has 0 bridgehead atoms. The SMILES string of the molecule is C1CNCCN1.CC/C=C(\O)C1C(=O)Oc2ccccc21. The highest BCUT2D eigenvalue weighted by Gasteiger charge is 2.35. The van der Waals surface area contributed by atoms with E-state index >= 15 is 0 Å². The molecule has 0 aromatic heterocycles. The number of carbonyl (C=O) groups excluding carboxylic acids is 1. The van der Waals surface area contributed by atoms with Gasteiger partial charge in [0.25, 0.3) is 0 Å². The van der Waals surface area contributed by atoms with E-state index in [9.17, 15) is 9.90 Å². The smallest absolute Gasteiger partial charge is 0.326 e. The summed E-state index contributed by atoms with van der Waals surface area (Å²) in [6, 6.07) is 7.15. The molecule has 1 unspecified atom stereocenters. The van der Waals surface area contributed by atoms with Crippen molar-refractivity contribution < 1.29 is 14.6 Å². The Hall–Kier alpha value is -1.85. The average molecular weight is 290 g/mol. The van der Waals surface area contributed by atoms with Gasteiger partial charge in [0.2, 0.25) is 0 Å². The molecule has 2 aliphatic rings. The molecule has 1 fully saturated rings. The van der Waals surface area contributed by atoms with Crippen molar-refractivity contribution in [3.05, 3.63) is 41.7 Å². The van der Waals surface area contributed by atoms with E-state index < -0.39 is 11.9 Å². The van der Waals surface area contributed by atoms with Crippen LogP contribution in [0.5, 0.6) is 5.75 Å². The van der Waals surface area contributed by atoms with Crippen molar-refractivity contribution in [3.63, 3.8) is 0 Å². The second-order valence-corrected chi connectivity index (χ2v) is 4.93. The highest BCUT2D eigenvalue weighted by Crippen LogP contribution is 2.37. The number of aliphatic hydroxyl groups is 1. The molecule has 5 nitrogen and oxygen atoms in total. The first kappa shape index (κ1) is 15.5. The second-order valence-electron chi connectivity index (χ2n) is 4.93. The molecule has 21 heavy (non-hydrogen) atoms. The molecule has 2 heterocycles. The number of carbonyl (C=O) groups is 1. The van der Waals surface area contributed by atoms with Crippen molar-refractivity contribution in [1.82, 2.24) is 10.6 Å². The Morgan fingerprint density at radius 2 is 1.90 bits per heavy atom. The molecule has 0 aliphatic carbocycles. The van der Waals surface area contributed by atoms with E-state index in [0.29, 0.717) is 12.2 Å². The molecule has 5 heteroatoms. The number of hydrogen-bond donors (Lipinski definition) is 3. The number of rotatable bonds is 2. The minimum atomic E-state index is -0.638. The fourth-order valence-corrected chi connectivity index (χ4v) is 2.32. The molecule has 0 spiro atoms. The maximum Gasteiger partial charge on any atom is 0.326 e. The Morgan fingerprint density at radius 1 is 1.29 bits per heavy atom. The van der Waals surface area contributed by atoms with Crippen molar-refractivity contribution in [3.8, 4) is 5.75 Å². The Kier molecular flexibility index (Phi) is 5.78. The van der Waals surface area contributed by atoms with E-state index in [2.05, 4.69) is 10.6 Å². The quantitative estimate of drug-likeness (QED) is 0.439. The first-order chi connectivity index (χ1) is 10.2. The van der Waals surface area contributed by atoms with Gasteiger partial charge in [-0.2, -0.15) is 0 Å². The summed E-state index contributed by atoms with van der Waals surface area (Å²) < 4.78 is 5.05. The van der Waals surface area contributed by atoms with Gasteiger partial charge in [-0.1, -0.05) is 25.1 Å². The summed E-state index contributed by atoms with van der Waals surface area (Å²) in [5, 5.41) is 16.2. The summed E-state index contributed by atoms with van der Waals surface area (Å²) in [5.41, 5.74) is 0.740. The number of para-hydroxylation sites is 1. The molecule has 1 saturated heterocycles.